The fourth-order valence-corrected chi connectivity index (χ4v) is 6.84. The molecule has 0 amide bonds. The van der Waals surface area contributed by atoms with E-state index >= 15 is 0 Å². The molecule has 3 aliphatic rings. The van der Waals surface area contributed by atoms with Gasteiger partial charge in [0, 0.05) is 43.3 Å². The van der Waals surface area contributed by atoms with E-state index in [1.165, 1.54) is 90.1 Å². The van der Waals surface area contributed by atoms with Gasteiger partial charge in [-0.2, -0.15) is 0 Å². The molecule has 0 aromatic heterocycles. The summed E-state index contributed by atoms with van der Waals surface area (Å²) >= 11 is 0. The summed E-state index contributed by atoms with van der Waals surface area (Å²) in [6.45, 7) is 14.4. The van der Waals surface area contributed by atoms with Crippen molar-refractivity contribution in [1.29, 1.82) is 0 Å². The molecule has 0 spiro atoms. The zero-order valence-corrected chi connectivity index (χ0v) is 21.5. The second kappa shape index (κ2) is 12.9. The van der Waals surface area contributed by atoms with Crippen LogP contribution >= 0.6 is 0 Å². The van der Waals surface area contributed by atoms with Crippen molar-refractivity contribution in [3.05, 3.63) is 0 Å². The minimum atomic E-state index is 0.606. The smallest absolute Gasteiger partial charge is 0.0189 e. The van der Waals surface area contributed by atoms with Crippen molar-refractivity contribution in [1.82, 2.24) is 21.1 Å². The highest BCUT2D eigenvalue weighted by Gasteiger charge is 2.31. The summed E-state index contributed by atoms with van der Waals surface area (Å²) in [5.74, 6) is 2.64. The summed E-state index contributed by atoms with van der Waals surface area (Å²) < 4.78 is 0. The summed E-state index contributed by atoms with van der Waals surface area (Å²) in [7, 11) is 0. The van der Waals surface area contributed by atoms with E-state index in [1.807, 2.05) is 0 Å². The molecule has 31 heavy (non-hydrogen) atoms. The van der Waals surface area contributed by atoms with E-state index in [0.29, 0.717) is 18.1 Å². The number of rotatable bonds is 10. The lowest BCUT2D eigenvalue weighted by Crippen LogP contribution is -2.48. The van der Waals surface area contributed by atoms with E-state index in [2.05, 4.69) is 55.7 Å². The number of nitrogens with one attached hydrogen (secondary N) is 3. The molecule has 1 aliphatic heterocycles. The van der Waals surface area contributed by atoms with Crippen LogP contribution in [0.1, 0.15) is 112 Å². The van der Waals surface area contributed by atoms with Crippen molar-refractivity contribution < 1.29 is 0 Å². The van der Waals surface area contributed by atoms with E-state index in [4.69, 9.17) is 0 Å². The average molecular weight is 435 g/mol. The van der Waals surface area contributed by atoms with Crippen LogP contribution in [0.2, 0.25) is 0 Å². The summed E-state index contributed by atoms with van der Waals surface area (Å²) in [6.07, 6.45) is 16.6. The molecule has 2 saturated carbocycles. The molecular formula is C27H54N4. The largest absolute Gasteiger partial charge is 0.312 e. The van der Waals surface area contributed by atoms with Crippen LogP contribution < -0.4 is 16.1 Å². The van der Waals surface area contributed by atoms with Gasteiger partial charge in [0.25, 0.3) is 0 Å². The Labute approximate surface area is 194 Å². The third kappa shape index (κ3) is 8.95. The Hall–Kier alpha value is -0.160. The second-order valence-electron chi connectivity index (χ2n) is 11.9. The fourth-order valence-electron chi connectivity index (χ4n) is 6.84. The van der Waals surface area contributed by atoms with Crippen LogP contribution in [-0.4, -0.2) is 48.3 Å². The molecule has 1 heterocycles. The van der Waals surface area contributed by atoms with Gasteiger partial charge in [0.15, 0.2) is 0 Å². The van der Waals surface area contributed by atoms with Gasteiger partial charge in [-0.3, -0.25) is 5.43 Å². The van der Waals surface area contributed by atoms with Crippen LogP contribution in [0.5, 0.6) is 0 Å². The lowest BCUT2D eigenvalue weighted by molar-refractivity contribution is 0.107. The maximum absolute atomic E-state index is 4.08. The van der Waals surface area contributed by atoms with Gasteiger partial charge in [-0.25, -0.2) is 5.01 Å². The standard InChI is InChI=1S/C27H54N4/c1-20(2)28-26-11-9-10-24(18-26)16-22(4)29-27-13-12-21(3)25(19-27)17-23(5)30-31-14-7-6-8-15-31/h20-30H,6-19H2,1-5H3. The third-order valence-electron chi connectivity index (χ3n) is 8.34. The Bertz CT molecular complexity index is 490. The Balaban J connectivity index is 1.39. The second-order valence-corrected chi connectivity index (χ2v) is 11.9. The molecule has 7 atom stereocenters. The number of piperidine rings is 1. The van der Waals surface area contributed by atoms with Crippen LogP contribution in [0.25, 0.3) is 0 Å². The molecule has 0 bridgehead atoms. The molecule has 0 aromatic carbocycles. The van der Waals surface area contributed by atoms with Crippen LogP contribution in [-0.2, 0) is 0 Å². The molecule has 4 heteroatoms. The van der Waals surface area contributed by atoms with Crippen LogP contribution in [0.4, 0.5) is 0 Å². The molecule has 3 rings (SSSR count). The summed E-state index contributed by atoms with van der Waals surface area (Å²) in [4.78, 5) is 0. The first-order valence-corrected chi connectivity index (χ1v) is 13.9. The lowest BCUT2D eigenvalue weighted by Gasteiger charge is -2.39. The van der Waals surface area contributed by atoms with Crippen LogP contribution in [0, 0.1) is 17.8 Å². The summed E-state index contributed by atoms with van der Waals surface area (Å²) in [5.41, 5.74) is 3.82. The first kappa shape index (κ1) is 25.5. The van der Waals surface area contributed by atoms with Gasteiger partial charge in [-0.1, -0.05) is 40.0 Å². The van der Waals surface area contributed by atoms with Crippen LogP contribution in [0.15, 0.2) is 0 Å². The monoisotopic (exact) mass is 434 g/mol. The fraction of sp³-hybridized carbons (Fsp3) is 1.00. The topological polar surface area (TPSA) is 39.3 Å². The number of hydrazine groups is 1. The van der Waals surface area contributed by atoms with Gasteiger partial charge in [-0.05, 0) is 89.4 Å². The van der Waals surface area contributed by atoms with Crippen molar-refractivity contribution in [2.24, 2.45) is 17.8 Å². The number of hydrogen-bond acceptors (Lipinski definition) is 4. The van der Waals surface area contributed by atoms with Gasteiger partial charge in [0.05, 0.1) is 0 Å². The Morgan fingerprint density at radius 2 is 1.48 bits per heavy atom. The van der Waals surface area contributed by atoms with E-state index in [9.17, 15) is 0 Å². The van der Waals surface area contributed by atoms with Crippen molar-refractivity contribution in [2.75, 3.05) is 13.1 Å². The normalized spacial score (nSPS) is 35.2. The number of hydrogen-bond donors (Lipinski definition) is 3. The summed E-state index contributed by atoms with van der Waals surface area (Å²) in [5, 5.41) is 10.4. The van der Waals surface area contributed by atoms with Gasteiger partial charge in [-0.15, -0.1) is 0 Å². The molecule has 0 radical (unpaired) electrons. The average Bonchev–Trinajstić information content (AvgIpc) is 2.71. The Kier molecular flexibility index (Phi) is 10.6. The third-order valence-corrected chi connectivity index (χ3v) is 8.34. The van der Waals surface area contributed by atoms with E-state index in [0.717, 1.165) is 29.8 Å². The minimum absolute atomic E-state index is 0.606. The van der Waals surface area contributed by atoms with E-state index in [1.54, 1.807) is 0 Å². The highest BCUT2D eigenvalue weighted by Crippen LogP contribution is 2.34. The predicted octanol–water partition coefficient (Wildman–Crippen LogP) is 5.49. The van der Waals surface area contributed by atoms with Crippen LogP contribution in [0.3, 0.4) is 0 Å². The molecule has 1 saturated heterocycles. The first-order chi connectivity index (χ1) is 14.9. The van der Waals surface area contributed by atoms with Crippen molar-refractivity contribution >= 4 is 0 Å². The lowest BCUT2D eigenvalue weighted by atomic mass is 9.75. The quantitative estimate of drug-likeness (QED) is 0.425. The molecule has 182 valence electrons. The maximum Gasteiger partial charge on any atom is 0.0189 e. The highest BCUT2D eigenvalue weighted by atomic mass is 15.5. The Morgan fingerprint density at radius 3 is 2.23 bits per heavy atom. The van der Waals surface area contributed by atoms with Crippen molar-refractivity contribution in [3.8, 4) is 0 Å². The van der Waals surface area contributed by atoms with Gasteiger partial charge < -0.3 is 10.6 Å². The number of nitrogens with zero attached hydrogens (tertiary/aromatic N) is 1. The highest BCUT2D eigenvalue weighted by molar-refractivity contribution is 4.87. The SMILES string of the molecule is CC(C)NC1CCCC(CC(C)NC2CCC(C)C(CC(C)NN3CCCCC3)C2)C1. The summed E-state index contributed by atoms with van der Waals surface area (Å²) in [6, 6.07) is 3.36. The van der Waals surface area contributed by atoms with Gasteiger partial charge >= 0.3 is 0 Å². The predicted molar refractivity (Wildman–Crippen MR) is 134 cm³/mol. The molecule has 7 unspecified atom stereocenters. The molecule has 0 aromatic rings. The molecule has 3 N–H and O–H groups in total. The van der Waals surface area contributed by atoms with Gasteiger partial charge in [0.1, 0.15) is 0 Å². The first-order valence-electron chi connectivity index (χ1n) is 13.9. The molecule has 2 aliphatic carbocycles. The molecular weight excluding hydrogens is 380 g/mol. The Morgan fingerprint density at radius 1 is 0.742 bits per heavy atom. The van der Waals surface area contributed by atoms with Gasteiger partial charge in [0.2, 0.25) is 0 Å². The van der Waals surface area contributed by atoms with E-state index < -0.39 is 0 Å². The minimum Gasteiger partial charge on any atom is -0.312 e. The molecule has 3 fully saturated rings. The van der Waals surface area contributed by atoms with E-state index in [-0.39, 0.29) is 0 Å². The van der Waals surface area contributed by atoms with Crippen molar-refractivity contribution in [2.45, 2.75) is 142 Å². The zero-order chi connectivity index (χ0) is 22.2. The maximum atomic E-state index is 4.08. The molecule has 4 nitrogen and oxygen atoms in total. The van der Waals surface area contributed by atoms with Crippen molar-refractivity contribution in [3.63, 3.8) is 0 Å². The zero-order valence-electron chi connectivity index (χ0n) is 21.5.